The van der Waals surface area contributed by atoms with Gasteiger partial charge < -0.3 is 0 Å². The fourth-order valence-corrected chi connectivity index (χ4v) is 128. The van der Waals surface area contributed by atoms with Crippen molar-refractivity contribution >= 4 is 71.6 Å². The van der Waals surface area contributed by atoms with E-state index in [-0.39, 0.29) is 14.5 Å². The third-order valence-corrected chi connectivity index (χ3v) is 120. The number of rotatable bonds is 19. The average Bonchev–Trinajstić information content (AvgIpc) is 4.06. The summed E-state index contributed by atoms with van der Waals surface area (Å²) in [6.07, 6.45) is 18.1. The van der Waals surface area contributed by atoms with Crippen molar-refractivity contribution in [1.29, 1.82) is 0 Å². The summed E-state index contributed by atoms with van der Waals surface area (Å²) < 4.78 is 2.40. The minimum absolute atomic E-state index is 0.123. The molecule has 0 heterocycles. The van der Waals surface area contributed by atoms with E-state index >= 15 is 0 Å². The van der Waals surface area contributed by atoms with Crippen LogP contribution in [0.15, 0.2) is 119 Å². The van der Waals surface area contributed by atoms with Crippen molar-refractivity contribution in [2.75, 3.05) is 0 Å². The SMILES string of the molecule is CC[SiH2][Zr]([Cl])([Cl])([CH2]CCCC[CH2][Zr]([Cl])([Cl])([SiH2]CC)([CH]1C(CC)=Cc2ccccc21)[CH]1C(CC)=Cc2ccccc21)([CH]1C(CC)=Cc2ccccc21)[CH]1C(CC)=Cc2ccccc21. The van der Waals surface area contributed by atoms with Gasteiger partial charge in [0.15, 0.2) is 0 Å². The van der Waals surface area contributed by atoms with Crippen LogP contribution in [0.2, 0.25) is 20.3 Å². The number of benzene rings is 4. The molecule has 4 atom stereocenters. The van der Waals surface area contributed by atoms with Gasteiger partial charge in [-0.1, -0.05) is 0 Å². The molecule has 0 amide bonds. The number of hydrogen-bond donors (Lipinski definition) is 0. The quantitative estimate of drug-likeness (QED) is 0.0648. The van der Waals surface area contributed by atoms with Crippen LogP contribution < -0.4 is 0 Å². The van der Waals surface area contributed by atoms with Gasteiger partial charge in [0, 0.05) is 0 Å². The van der Waals surface area contributed by atoms with E-state index in [1.807, 2.05) is 0 Å². The minimum atomic E-state index is -5.51. The van der Waals surface area contributed by atoms with Gasteiger partial charge in [0.25, 0.3) is 0 Å². The monoisotopic (exact) mass is 1090 g/mol. The molecule has 4 aliphatic rings. The zero-order chi connectivity index (χ0) is 44.1. The van der Waals surface area contributed by atoms with Crippen LogP contribution in [-0.2, 0) is 28.1 Å². The third-order valence-electron chi connectivity index (χ3n) is 17.1. The predicted molar refractivity (Wildman–Crippen MR) is 279 cm³/mol. The number of fused-ring (bicyclic) bond motifs is 4. The van der Waals surface area contributed by atoms with Crippen molar-refractivity contribution in [3.63, 3.8) is 0 Å². The Morgan fingerprint density at radius 3 is 0.839 bits per heavy atom. The molecule has 4 aromatic carbocycles. The molecule has 0 spiro atoms. The Balaban J connectivity index is 1.19. The number of unbranched alkanes of at least 4 members (excludes halogenated alkanes) is 3. The Hall–Kier alpha value is -0.800. The molecule has 0 nitrogen and oxygen atoms in total. The molecule has 330 valence electrons. The molecular formula is C54H70Cl4Si2Zr2. The summed E-state index contributed by atoms with van der Waals surface area (Å²) >= 11 is -11.0. The first-order chi connectivity index (χ1) is 29.6. The summed E-state index contributed by atoms with van der Waals surface area (Å²) in [5.74, 6) is 0. The summed E-state index contributed by atoms with van der Waals surface area (Å²) in [7, 11) is 37.1. The molecule has 0 bridgehead atoms. The molecule has 0 saturated carbocycles. The summed E-state index contributed by atoms with van der Waals surface area (Å²) in [6, 6.07) is 38.6. The first-order valence-corrected chi connectivity index (χ1v) is 60.1. The van der Waals surface area contributed by atoms with Gasteiger partial charge in [-0.3, -0.25) is 0 Å². The Bertz CT molecular complexity index is 2220. The number of allylic oxidation sites excluding steroid dienone is 4. The van der Waals surface area contributed by atoms with E-state index in [4.69, 9.17) is 0 Å². The van der Waals surface area contributed by atoms with Crippen molar-refractivity contribution in [1.82, 2.24) is 0 Å². The van der Waals surface area contributed by atoms with Crippen LogP contribution in [-0.4, -0.2) is 13.3 Å². The van der Waals surface area contributed by atoms with E-state index in [9.17, 15) is 34.1 Å². The van der Waals surface area contributed by atoms with Crippen LogP contribution in [0.1, 0.15) is 152 Å². The summed E-state index contributed by atoms with van der Waals surface area (Å²) in [5.41, 5.74) is 16.8. The summed E-state index contributed by atoms with van der Waals surface area (Å²) in [4.78, 5) is 0. The Morgan fingerprint density at radius 1 is 0.371 bits per heavy atom. The van der Waals surface area contributed by atoms with E-state index in [1.165, 1.54) is 66.8 Å². The van der Waals surface area contributed by atoms with Gasteiger partial charge in [0.2, 0.25) is 0 Å². The fraction of sp³-hybridized carbons (Fsp3) is 0.407. The summed E-state index contributed by atoms with van der Waals surface area (Å²) in [5, 5.41) is 0. The molecule has 8 heteroatoms. The van der Waals surface area contributed by atoms with E-state index in [1.54, 1.807) is 0 Å². The van der Waals surface area contributed by atoms with E-state index in [0.29, 0.717) is 0 Å². The second-order valence-electron chi connectivity index (χ2n) is 20.5. The molecule has 0 aliphatic heterocycles. The molecule has 0 N–H and O–H groups in total. The maximum absolute atomic E-state index is 9.28. The van der Waals surface area contributed by atoms with Gasteiger partial charge in [-0.05, 0) is 0 Å². The zero-order valence-electron chi connectivity index (χ0n) is 38.3. The standard InChI is InChI=1S/4C11H11.C6H12.2C2H7Si.4ClH.2Zr/c4*1-2-9-7-10-5-3-4-6-11(10)8-9;1-3-5-6-4-2;2*1-2-3;;;;;;/h4*3-8H,2H2,1H3;1-6H2;2*2-3H2,1H3;4*1H;;/q;;;;;;;;;;;2*+2/p-4. The zero-order valence-corrected chi connectivity index (χ0v) is 49.0. The third kappa shape index (κ3) is 7.26. The Kier molecular flexibility index (Phi) is 13.1. The molecule has 0 aromatic heterocycles. The summed E-state index contributed by atoms with van der Waals surface area (Å²) in [6.45, 7) is 12.2. The first-order valence-electron chi connectivity index (χ1n) is 24.4. The van der Waals surface area contributed by atoms with E-state index in [2.05, 4.69) is 163 Å². The molecule has 0 saturated heterocycles. The predicted octanol–water partition coefficient (Wildman–Crippen LogP) is 17.7. The molecule has 8 rings (SSSR count). The van der Waals surface area contributed by atoms with Crippen LogP contribution in [0.3, 0.4) is 0 Å². The fourth-order valence-electron chi connectivity index (χ4n) is 15.1. The normalized spacial score (nSPS) is 22.9. The van der Waals surface area contributed by atoms with Crippen LogP contribution in [0.5, 0.6) is 0 Å². The molecule has 4 aromatic rings. The second kappa shape index (κ2) is 17.1. The molecular weight excluding hydrogens is 1030 g/mol. The van der Waals surface area contributed by atoms with Crippen LogP contribution in [0, 0.1) is 0 Å². The number of hydrogen-bond acceptors (Lipinski definition) is 0. The average molecular weight is 1100 g/mol. The number of halogens is 4. The van der Waals surface area contributed by atoms with Gasteiger partial charge in [0.05, 0.1) is 0 Å². The molecule has 0 radical (unpaired) electrons. The molecule has 0 fully saturated rings. The molecule has 62 heavy (non-hydrogen) atoms. The topological polar surface area (TPSA) is 0 Å². The maximum atomic E-state index is 9.28. The van der Waals surface area contributed by atoms with Gasteiger partial charge >= 0.3 is 391 Å². The van der Waals surface area contributed by atoms with Crippen molar-refractivity contribution in [3.05, 3.63) is 164 Å². The van der Waals surface area contributed by atoms with Crippen molar-refractivity contribution in [2.24, 2.45) is 0 Å². The Morgan fingerprint density at radius 2 is 0.613 bits per heavy atom. The van der Waals surface area contributed by atoms with Gasteiger partial charge in [0.1, 0.15) is 0 Å². The molecule has 4 aliphatic carbocycles. The van der Waals surface area contributed by atoms with Gasteiger partial charge in [-0.15, -0.1) is 0 Å². The van der Waals surface area contributed by atoms with Gasteiger partial charge in [-0.25, -0.2) is 0 Å². The molecule has 4 unspecified atom stereocenters. The van der Waals surface area contributed by atoms with Gasteiger partial charge in [-0.2, -0.15) is 0 Å². The van der Waals surface area contributed by atoms with Crippen LogP contribution in [0.4, 0.5) is 0 Å². The second-order valence-corrected chi connectivity index (χ2v) is 126. The van der Waals surface area contributed by atoms with Crippen LogP contribution >= 0.6 is 34.1 Å². The van der Waals surface area contributed by atoms with Crippen LogP contribution in [0.25, 0.3) is 24.3 Å². The van der Waals surface area contributed by atoms with Crippen molar-refractivity contribution < 1.29 is 28.1 Å². The van der Waals surface area contributed by atoms with E-state index in [0.717, 1.165) is 71.7 Å². The van der Waals surface area contributed by atoms with Crippen molar-refractivity contribution in [2.45, 2.75) is 128 Å². The van der Waals surface area contributed by atoms with E-state index < -0.39 is 41.4 Å². The Labute approximate surface area is 386 Å². The first kappa shape index (κ1) is 47.7. The van der Waals surface area contributed by atoms with Crippen molar-refractivity contribution in [3.8, 4) is 0 Å².